The molecule has 92 valence electrons. The van der Waals surface area contributed by atoms with E-state index in [9.17, 15) is 4.39 Å². The van der Waals surface area contributed by atoms with Crippen molar-refractivity contribution in [3.8, 4) is 6.07 Å². The fraction of sp³-hybridized carbons (Fsp3) is 0.231. The Bertz CT molecular complexity index is 601. The van der Waals surface area contributed by atoms with Crippen LogP contribution in [0.15, 0.2) is 23.7 Å². The molecule has 3 nitrogen and oxygen atoms in total. The third-order valence-electron chi connectivity index (χ3n) is 2.65. The summed E-state index contributed by atoms with van der Waals surface area (Å²) in [5.41, 5.74) is 3.45. The van der Waals surface area contributed by atoms with E-state index in [4.69, 9.17) is 5.26 Å². The smallest absolute Gasteiger partial charge is 0.147 e. The molecule has 18 heavy (non-hydrogen) atoms. The summed E-state index contributed by atoms with van der Waals surface area (Å²) in [7, 11) is 0. The lowest BCUT2D eigenvalue weighted by molar-refractivity contribution is 0.627. The molecule has 1 heterocycles. The van der Waals surface area contributed by atoms with Gasteiger partial charge in [-0.3, -0.25) is 0 Å². The Hall–Kier alpha value is -1.93. The molecular formula is C13H12FN3S. The maximum Gasteiger partial charge on any atom is 0.147 e. The number of thiazole rings is 1. The molecule has 1 unspecified atom stereocenters. The van der Waals surface area contributed by atoms with Gasteiger partial charge in [-0.1, -0.05) is 0 Å². The lowest BCUT2D eigenvalue weighted by Crippen LogP contribution is -2.07. The first-order chi connectivity index (χ1) is 8.61. The van der Waals surface area contributed by atoms with E-state index < -0.39 is 5.82 Å². The summed E-state index contributed by atoms with van der Waals surface area (Å²) in [4.78, 5) is 5.25. The first-order valence-corrected chi connectivity index (χ1v) is 6.36. The zero-order chi connectivity index (χ0) is 13.1. The molecule has 1 aromatic carbocycles. The molecule has 0 spiro atoms. The maximum atomic E-state index is 13.7. The molecule has 0 aliphatic carbocycles. The minimum Gasteiger partial charge on any atom is -0.375 e. The molecule has 0 radical (unpaired) electrons. The van der Waals surface area contributed by atoms with Gasteiger partial charge in [-0.15, -0.1) is 11.3 Å². The number of halogens is 1. The third kappa shape index (κ3) is 2.49. The van der Waals surface area contributed by atoms with E-state index >= 15 is 0 Å². The van der Waals surface area contributed by atoms with Gasteiger partial charge in [-0.2, -0.15) is 5.26 Å². The Balaban J connectivity index is 2.20. The van der Waals surface area contributed by atoms with Crippen molar-refractivity contribution in [3.05, 3.63) is 45.7 Å². The molecule has 0 aliphatic heterocycles. The van der Waals surface area contributed by atoms with Gasteiger partial charge in [0.25, 0.3) is 0 Å². The van der Waals surface area contributed by atoms with Crippen molar-refractivity contribution in [3.63, 3.8) is 0 Å². The number of nitriles is 1. The number of benzene rings is 1. The fourth-order valence-corrected chi connectivity index (χ4v) is 2.54. The molecule has 0 aliphatic rings. The predicted octanol–water partition coefficient (Wildman–Crippen LogP) is 3.64. The number of hydrogen-bond donors (Lipinski definition) is 1. The molecule has 0 fully saturated rings. The largest absolute Gasteiger partial charge is 0.375 e. The monoisotopic (exact) mass is 261 g/mol. The van der Waals surface area contributed by atoms with Gasteiger partial charge in [0.1, 0.15) is 5.82 Å². The SMILES string of the molecule is Cc1ncsc1C(C)Nc1ccc(C#N)cc1F. The van der Waals surface area contributed by atoms with Crippen LogP contribution >= 0.6 is 11.3 Å². The summed E-state index contributed by atoms with van der Waals surface area (Å²) >= 11 is 1.54. The molecule has 2 rings (SSSR count). The number of nitrogens with one attached hydrogen (secondary N) is 1. The van der Waals surface area contributed by atoms with Gasteiger partial charge in [0.05, 0.1) is 34.6 Å². The van der Waals surface area contributed by atoms with Crippen LogP contribution in [0.1, 0.15) is 29.1 Å². The second kappa shape index (κ2) is 5.15. The molecule has 1 N–H and O–H groups in total. The van der Waals surface area contributed by atoms with Crippen LogP contribution in [0, 0.1) is 24.1 Å². The minimum absolute atomic E-state index is 0.0139. The quantitative estimate of drug-likeness (QED) is 0.917. The predicted molar refractivity (Wildman–Crippen MR) is 70.0 cm³/mol. The van der Waals surface area contributed by atoms with Gasteiger partial charge < -0.3 is 5.32 Å². The fourth-order valence-electron chi connectivity index (χ4n) is 1.73. The first-order valence-electron chi connectivity index (χ1n) is 5.48. The number of aromatic nitrogens is 1. The van der Waals surface area contributed by atoms with Crippen LogP contribution in [-0.2, 0) is 0 Å². The molecule has 5 heteroatoms. The van der Waals surface area contributed by atoms with Crippen LogP contribution in [0.5, 0.6) is 0 Å². The van der Waals surface area contributed by atoms with Crippen LogP contribution in [0.25, 0.3) is 0 Å². The van der Waals surface area contributed by atoms with Crippen molar-refractivity contribution in [1.29, 1.82) is 5.26 Å². The van der Waals surface area contributed by atoms with E-state index in [0.29, 0.717) is 11.3 Å². The summed E-state index contributed by atoms with van der Waals surface area (Å²) in [6.07, 6.45) is 0. The van der Waals surface area contributed by atoms with Crippen LogP contribution < -0.4 is 5.32 Å². The molecule has 1 aromatic heterocycles. The third-order valence-corrected chi connectivity index (χ3v) is 3.76. The molecule has 0 bridgehead atoms. The summed E-state index contributed by atoms with van der Waals surface area (Å²) in [5.74, 6) is -0.414. The van der Waals surface area contributed by atoms with E-state index in [0.717, 1.165) is 10.6 Å². The second-order valence-corrected chi connectivity index (χ2v) is 4.86. The average Bonchev–Trinajstić information content (AvgIpc) is 2.78. The van der Waals surface area contributed by atoms with Crippen LogP contribution in [0.4, 0.5) is 10.1 Å². The van der Waals surface area contributed by atoms with Gasteiger partial charge in [-0.05, 0) is 32.0 Å². The van der Waals surface area contributed by atoms with Crippen LogP contribution in [-0.4, -0.2) is 4.98 Å². The average molecular weight is 261 g/mol. The number of rotatable bonds is 3. The van der Waals surface area contributed by atoms with E-state index in [1.807, 2.05) is 19.9 Å². The summed E-state index contributed by atoms with van der Waals surface area (Å²) in [6.45, 7) is 3.89. The van der Waals surface area contributed by atoms with Gasteiger partial charge in [0.2, 0.25) is 0 Å². The van der Waals surface area contributed by atoms with Crippen LogP contribution in [0.3, 0.4) is 0 Å². The Morgan fingerprint density at radius 1 is 1.50 bits per heavy atom. The standard InChI is InChI=1S/C13H12FN3S/c1-8-13(18-7-16-8)9(2)17-12-4-3-10(6-15)5-11(12)14/h3-5,7,9,17H,1-2H3. The normalized spacial score (nSPS) is 11.9. The molecule has 0 amide bonds. The van der Waals surface area contributed by atoms with Crippen molar-refractivity contribution in [2.75, 3.05) is 5.32 Å². The van der Waals surface area contributed by atoms with Crippen molar-refractivity contribution < 1.29 is 4.39 Å². The molecule has 1 atom stereocenters. The number of nitrogens with zero attached hydrogens (tertiary/aromatic N) is 2. The minimum atomic E-state index is -0.414. The first kappa shape index (κ1) is 12.5. The molecule has 0 saturated heterocycles. The van der Waals surface area contributed by atoms with Crippen molar-refractivity contribution in [2.45, 2.75) is 19.9 Å². The van der Waals surface area contributed by atoms with Gasteiger partial charge in [-0.25, -0.2) is 9.37 Å². The molecule has 2 aromatic rings. The van der Waals surface area contributed by atoms with Crippen LogP contribution in [0.2, 0.25) is 0 Å². The van der Waals surface area contributed by atoms with Gasteiger partial charge in [0.15, 0.2) is 0 Å². The Morgan fingerprint density at radius 3 is 2.83 bits per heavy atom. The highest BCUT2D eigenvalue weighted by Crippen LogP contribution is 2.26. The van der Waals surface area contributed by atoms with Crippen molar-refractivity contribution in [2.24, 2.45) is 0 Å². The van der Waals surface area contributed by atoms with E-state index in [1.165, 1.54) is 6.07 Å². The molecular weight excluding hydrogens is 249 g/mol. The Morgan fingerprint density at radius 2 is 2.28 bits per heavy atom. The molecule has 0 saturated carbocycles. The van der Waals surface area contributed by atoms with Crippen molar-refractivity contribution >= 4 is 17.0 Å². The highest BCUT2D eigenvalue weighted by Gasteiger charge is 2.13. The Labute approximate surface area is 109 Å². The number of aryl methyl sites for hydroxylation is 1. The number of anilines is 1. The van der Waals surface area contributed by atoms with Gasteiger partial charge in [0, 0.05) is 4.88 Å². The lowest BCUT2D eigenvalue weighted by atomic mass is 10.2. The number of hydrogen-bond acceptors (Lipinski definition) is 4. The van der Waals surface area contributed by atoms with E-state index in [-0.39, 0.29) is 6.04 Å². The maximum absolute atomic E-state index is 13.7. The van der Waals surface area contributed by atoms with Gasteiger partial charge >= 0.3 is 0 Å². The van der Waals surface area contributed by atoms with E-state index in [2.05, 4.69) is 10.3 Å². The summed E-state index contributed by atoms with van der Waals surface area (Å²) < 4.78 is 13.7. The topological polar surface area (TPSA) is 48.7 Å². The second-order valence-electron chi connectivity index (χ2n) is 3.97. The lowest BCUT2D eigenvalue weighted by Gasteiger charge is -2.15. The Kier molecular flexibility index (Phi) is 3.58. The highest BCUT2D eigenvalue weighted by atomic mass is 32.1. The zero-order valence-electron chi connectivity index (χ0n) is 10.1. The highest BCUT2D eigenvalue weighted by molar-refractivity contribution is 7.09. The van der Waals surface area contributed by atoms with E-state index in [1.54, 1.807) is 29.0 Å². The summed E-state index contributed by atoms with van der Waals surface area (Å²) in [5, 5.41) is 11.8. The summed E-state index contributed by atoms with van der Waals surface area (Å²) in [6, 6.07) is 6.31. The zero-order valence-corrected chi connectivity index (χ0v) is 10.9. The van der Waals surface area contributed by atoms with Crippen molar-refractivity contribution in [1.82, 2.24) is 4.98 Å².